The summed E-state index contributed by atoms with van der Waals surface area (Å²) >= 11 is 0. The third-order valence-corrected chi connectivity index (χ3v) is 10.2. The van der Waals surface area contributed by atoms with E-state index < -0.39 is 0 Å². The summed E-state index contributed by atoms with van der Waals surface area (Å²) < 4.78 is 8.81. The van der Waals surface area contributed by atoms with Crippen LogP contribution in [0.25, 0.3) is 55.7 Å². The predicted molar refractivity (Wildman–Crippen MR) is 195 cm³/mol. The first-order valence-corrected chi connectivity index (χ1v) is 16.4. The first kappa shape index (κ1) is 27.3. The number of nitrogens with zero attached hydrogens (tertiary/aromatic N) is 4. The molecule has 3 heterocycles. The second-order valence-corrected chi connectivity index (χ2v) is 12.7. The Morgan fingerprint density at radius 2 is 1.45 bits per heavy atom. The molecule has 49 heavy (non-hydrogen) atoms. The standard InChI is InChI=1S/C44H26N4O/c45-25-27-17-21-38-36(23-27)32-12-4-6-15-37(32)48(38)43-29(26-46)9-8-14-31(43)28-18-19-35-40(24-28)47(30-10-2-1-3-11-30)39-22-20-34-33-13-5-7-16-41(33)49-44(34)42(35)39/h1-24,39,42H. The van der Waals surface area contributed by atoms with E-state index in [2.05, 4.69) is 107 Å². The van der Waals surface area contributed by atoms with Crippen LogP contribution in [0.3, 0.4) is 0 Å². The SMILES string of the molecule is N#Cc1ccc2c(c1)c1ccccc1n2-c1c(C#N)cccc1-c1ccc2c(c1)N(c1ccccc1)C1C=Cc3c(oc4ccccc34)C21. The zero-order valence-corrected chi connectivity index (χ0v) is 26.2. The van der Waals surface area contributed by atoms with Gasteiger partial charge in [0.1, 0.15) is 17.4 Å². The summed E-state index contributed by atoms with van der Waals surface area (Å²) in [5.74, 6) is 1.02. The first-order valence-electron chi connectivity index (χ1n) is 16.4. The average molecular weight is 627 g/mol. The van der Waals surface area contributed by atoms with Crippen LogP contribution >= 0.6 is 0 Å². The van der Waals surface area contributed by atoms with Gasteiger partial charge in [-0.15, -0.1) is 0 Å². The maximum Gasteiger partial charge on any atom is 0.134 e. The fraction of sp³-hybridized carbons (Fsp3) is 0.0455. The molecule has 2 aromatic heterocycles. The van der Waals surface area contributed by atoms with Crippen LogP contribution in [0.5, 0.6) is 0 Å². The molecule has 0 spiro atoms. The van der Waals surface area contributed by atoms with Gasteiger partial charge >= 0.3 is 0 Å². The Kier molecular flexibility index (Phi) is 5.76. The smallest absolute Gasteiger partial charge is 0.134 e. The maximum absolute atomic E-state index is 10.5. The number of hydrogen-bond acceptors (Lipinski definition) is 4. The van der Waals surface area contributed by atoms with Crippen LogP contribution in [-0.4, -0.2) is 10.6 Å². The third-order valence-electron chi connectivity index (χ3n) is 10.2. The third kappa shape index (κ3) is 3.85. The van der Waals surface area contributed by atoms with Gasteiger partial charge in [-0.3, -0.25) is 0 Å². The van der Waals surface area contributed by atoms with Crippen LogP contribution in [0.1, 0.15) is 33.9 Å². The molecule has 1 aliphatic carbocycles. The molecule has 0 saturated heterocycles. The Bertz CT molecular complexity index is 2770. The molecular weight excluding hydrogens is 601 g/mol. The van der Waals surface area contributed by atoms with Crippen molar-refractivity contribution >= 4 is 50.2 Å². The van der Waals surface area contributed by atoms with E-state index in [4.69, 9.17) is 4.42 Å². The average Bonchev–Trinajstić information content (AvgIpc) is 3.81. The van der Waals surface area contributed by atoms with Crippen LogP contribution in [0, 0.1) is 22.7 Å². The number of benzene rings is 6. The van der Waals surface area contributed by atoms with Crippen molar-refractivity contribution in [2.75, 3.05) is 4.90 Å². The molecule has 0 radical (unpaired) electrons. The number of aromatic nitrogens is 1. The fourth-order valence-corrected chi connectivity index (χ4v) is 8.14. The fourth-order valence-electron chi connectivity index (χ4n) is 8.14. The Balaban J connectivity index is 1.22. The lowest BCUT2D eigenvalue weighted by atomic mass is 9.85. The highest BCUT2D eigenvalue weighted by Crippen LogP contribution is 2.54. The lowest BCUT2D eigenvalue weighted by Gasteiger charge is -2.30. The highest BCUT2D eigenvalue weighted by atomic mass is 16.3. The minimum atomic E-state index is 0.0215. The highest BCUT2D eigenvalue weighted by Gasteiger charge is 2.44. The van der Waals surface area contributed by atoms with E-state index in [1.54, 1.807) is 0 Å². The number of fused-ring (bicyclic) bond motifs is 10. The molecule has 5 heteroatoms. The molecule has 0 fully saturated rings. The largest absolute Gasteiger partial charge is 0.460 e. The van der Waals surface area contributed by atoms with E-state index in [1.165, 1.54) is 5.56 Å². The van der Waals surface area contributed by atoms with Gasteiger partial charge in [-0.25, -0.2) is 0 Å². The number of anilines is 2. The van der Waals surface area contributed by atoms with Gasteiger partial charge in [0.2, 0.25) is 0 Å². The molecule has 228 valence electrons. The normalized spacial score (nSPS) is 16.0. The lowest BCUT2D eigenvalue weighted by Crippen LogP contribution is -2.30. The summed E-state index contributed by atoms with van der Waals surface area (Å²) in [6.07, 6.45) is 4.54. The van der Waals surface area contributed by atoms with Crippen molar-refractivity contribution in [2.24, 2.45) is 0 Å². The summed E-state index contributed by atoms with van der Waals surface area (Å²) in [5, 5.41) is 23.4. The summed E-state index contributed by atoms with van der Waals surface area (Å²) in [7, 11) is 0. The Labute approximate surface area is 282 Å². The van der Waals surface area contributed by atoms with E-state index in [9.17, 15) is 10.5 Å². The molecule has 0 amide bonds. The van der Waals surface area contributed by atoms with E-state index in [0.717, 1.165) is 72.3 Å². The predicted octanol–water partition coefficient (Wildman–Crippen LogP) is 10.6. The van der Waals surface area contributed by atoms with Gasteiger partial charge in [-0.1, -0.05) is 91.0 Å². The molecule has 10 rings (SSSR count). The summed E-state index contributed by atoms with van der Waals surface area (Å²) in [5.41, 5.74) is 11.4. The topological polar surface area (TPSA) is 68.9 Å². The summed E-state index contributed by atoms with van der Waals surface area (Å²) in [6, 6.07) is 50.3. The zero-order chi connectivity index (χ0) is 32.6. The zero-order valence-electron chi connectivity index (χ0n) is 26.2. The van der Waals surface area contributed by atoms with Crippen LogP contribution in [0.15, 0.2) is 144 Å². The Hall–Kier alpha value is -6.82. The van der Waals surface area contributed by atoms with E-state index in [-0.39, 0.29) is 12.0 Å². The van der Waals surface area contributed by atoms with Gasteiger partial charge in [0.05, 0.1) is 45.9 Å². The second kappa shape index (κ2) is 10.3. The molecule has 0 bridgehead atoms. The first-order chi connectivity index (χ1) is 24.2. The minimum Gasteiger partial charge on any atom is -0.460 e. The van der Waals surface area contributed by atoms with Crippen LogP contribution in [-0.2, 0) is 0 Å². The lowest BCUT2D eigenvalue weighted by molar-refractivity contribution is 0.505. The Morgan fingerprint density at radius 1 is 0.653 bits per heavy atom. The molecule has 8 aromatic rings. The van der Waals surface area contributed by atoms with Gasteiger partial charge < -0.3 is 13.9 Å². The van der Waals surface area contributed by atoms with Crippen molar-refractivity contribution < 1.29 is 4.42 Å². The van der Waals surface area contributed by atoms with Crippen LogP contribution < -0.4 is 4.90 Å². The molecule has 5 nitrogen and oxygen atoms in total. The molecule has 0 N–H and O–H groups in total. The van der Waals surface area contributed by atoms with E-state index >= 15 is 0 Å². The Morgan fingerprint density at radius 3 is 2.31 bits per heavy atom. The van der Waals surface area contributed by atoms with Gasteiger partial charge in [-0.2, -0.15) is 10.5 Å². The molecule has 6 aromatic carbocycles. The summed E-state index contributed by atoms with van der Waals surface area (Å²) in [4.78, 5) is 2.42. The monoisotopic (exact) mass is 626 g/mol. The van der Waals surface area contributed by atoms with Gasteiger partial charge in [0.15, 0.2) is 0 Å². The molecule has 2 unspecified atom stereocenters. The number of nitriles is 2. The van der Waals surface area contributed by atoms with Gasteiger partial charge in [0, 0.05) is 38.7 Å². The quantitative estimate of drug-likeness (QED) is 0.196. The van der Waals surface area contributed by atoms with Gasteiger partial charge in [-0.05, 0) is 65.7 Å². The molecular formula is C44H26N4O. The molecule has 1 aliphatic heterocycles. The molecule has 0 saturated carbocycles. The van der Waals surface area contributed by atoms with Crippen molar-refractivity contribution in [2.45, 2.75) is 12.0 Å². The van der Waals surface area contributed by atoms with Gasteiger partial charge in [0.25, 0.3) is 0 Å². The number of rotatable bonds is 3. The van der Waals surface area contributed by atoms with Crippen LogP contribution in [0.4, 0.5) is 11.4 Å². The summed E-state index contributed by atoms with van der Waals surface area (Å²) in [6.45, 7) is 0. The van der Waals surface area contributed by atoms with Crippen LogP contribution in [0.2, 0.25) is 0 Å². The van der Waals surface area contributed by atoms with Crippen molar-refractivity contribution in [3.05, 3.63) is 168 Å². The van der Waals surface area contributed by atoms with Crippen molar-refractivity contribution in [3.8, 4) is 29.0 Å². The molecule has 2 aliphatic rings. The van der Waals surface area contributed by atoms with Crippen molar-refractivity contribution in [1.29, 1.82) is 10.5 Å². The maximum atomic E-state index is 10.5. The van der Waals surface area contributed by atoms with Crippen molar-refractivity contribution in [3.63, 3.8) is 0 Å². The van der Waals surface area contributed by atoms with E-state index in [0.29, 0.717) is 11.1 Å². The van der Waals surface area contributed by atoms with E-state index in [1.807, 2.05) is 60.7 Å². The molecule has 2 atom stereocenters. The number of furan rings is 1. The van der Waals surface area contributed by atoms with Crippen molar-refractivity contribution in [1.82, 2.24) is 4.57 Å². The second-order valence-electron chi connectivity index (χ2n) is 12.7. The number of para-hydroxylation sites is 4. The number of hydrogen-bond donors (Lipinski definition) is 0. The highest BCUT2D eigenvalue weighted by molar-refractivity contribution is 6.10. The minimum absolute atomic E-state index is 0.0215.